The van der Waals surface area contributed by atoms with Crippen LogP contribution in [0.25, 0.3) is 11.0 Å². The first kappa shape index (κ1) is 12.2. The number of non-ortho nitro benzene ring substituents is 1. The third-order valence-electron chi connectivity index (χ3n) is 2.41. The fraction of sp³-hybridized carbons (Fsp3) is 0.400. The Morgan fingerprint density at radius 3 is 2.89 bits per heavy atom. The van der Waals surface area contributed by atoms with Crippen molar-refractivity contribution in [2.45, 2.75) is 13.0 Å². The first-order valence-corrected chi connectivity index (χ1v) is 5.28. The zero-order valence-electron chi connectivity index (χ0n) is 9.91. The molecule has 0 aliphatic rings. The number of fused-ring (bicyclic) bond motifs is 1. The number of nitro benzene ring substituents is 1. The summed E-state index contributed by atoms with van der Waals surface area (Å²) in [5.74, 6) is 0. The lowest BCUT2D eigenvalue weighted by Gasteiger charge is -2.13. The Balaban J connectivity index is 2.38. The van der Waals surface area contributed by atoms with Crippen molar-refractivity contribution in [2.75, 3.05) is 19.0 Å². The molecule has 8 nitrogen and oxygen atoms in total. The van der Waals surface area contributed by atoms with Crippen molar-refractivity contribution in [3.05, 3.63) is 22.2 Å². The molecule has 1 aromatic carbocycles. The Labute approximate surface area is 102 Å². The molecule has 18 heavy (non-hydrogen) atoms. The third-order valence-corrected chi connectivity index (χ3v) is 2.41. The summed E-state index contributed by atoms with van der Waals surface area (Å²) in [6.07, 6.45) is 0. The summed E-state index contributed by atoms with van der Waals surface area (Å²) in [4.78, 5) is 10.3. The molecular formula is C10H12N4O4. The van der Waals surface area contributed by atoms with E-state index >= 15 is 0 Å². The second-order valence-corrected chi connectivity index (χ2v) is 3.85. The molecular weight excluding hydrogens is 240 g/mol. The van der Waals surface area contributed by atoms with Crippen molar-refractivity contribution in [3.8, 4) is 0 Å². The van der Waals surface area contributed by atoms with Gasteiger partial charge in [0, 0.05) is 19.2 Å². The molecule has 2 rings (SSSR count). The second kappa shape index (κ2) is 4.96. The summed E-state index contributed by atoms with van der Waals surface area (Å²) < 4.78 is 9.56. The van der Waals surface area contributed by atoms with E-state index in [1.165, 1.54) is 6.07 Å². The fourth-order valence-electron chi connectivity index (χ4n) is 1.67. The number of nitrogens with zero attached hydrogens (tertiary/aromatic N) is 3. The van der Waals surface area contributed by atoms with Gasteiger partial charge in [-0.05, 0) is 23.3 Å². The van der Waals surface area contributed by atoms with Crippen LogP contribution in [-0.2, 0) is 4.74 Å². The molecule has 0 saturated carbocycles. The first-order valence-electron chi connectivity index (χ1n) is 5.28. The van der Waals surface area contributed by atoms with Crippen LogP contribution in [0.2, 0.25) is 0 Å². The Morgan fingerprint density at radius 1 is 1.50 bits per heavy atom. The SMILES string of the molecule is COCC(C)Nc1ccc([N+](=O)[O-])c2nonc12. The summed E-state index contributed by atoms with van der Waals surface area (Å²) in [6.45, 7) is 2.42. The van der Waals surface area contributed by atoms with Crippen LogP contribution in [0.1, 0.15) is 6.92 Å². The van der Waals surface area contributed by atoms with E-state index in [0.29, 0.717) is 17.8 Å². The number of methoxy groups -OCH3 is 1. The maximum atomic E-state index is 10.8. The van der Waals surface area contributed by atoms with Gasteiger partial charge in [-0.1, -0.05) is 0 Å². The molecule has 2 aromatic rings. The number of hydrogen-bond donors (Lipinski definition) is 1. The van der Waals surface area contributed by atoms with Gasteiger partial charge in [0.15, 0.2) is 5.52 Å². The topological polar surface area (TPSA) is 103 Å². The molecule has 96 valence electrons. The van der Waals surface area contributed by atoms with Crippen LogP contribution in [-0.4, -0.2) is 35.0 Å². The lowest BCUT2D eigenvalue weighted by molar-refractivity contribution is -0.383. The van der Waals surface area contributed by atoms with E-state index in [1.807, 2.05) is 6.92 Å². The average Bonchev–Trinajstić information content (AvgIpc) is 2.78. The van der Waals surface area contributed by atoms with Crippen LogP contribution in [0.4, 0.5) is 11.4 Å². The molecule has 0 aliphatic heterocycles. The summed E-state index contributed by atoms with van der Waals surface area (Å²) in [5.41, 5.74) is 0.972. The van der Waals surface area contributed by atoms with E-state index in [1.54, 1.807) is 13.2 Å². The van der Waals surface area contributed by atoms with Gasteiger partial charge in [-0.15, -0.1) is 0 Å². The quantitative estimate of drug-likeness (QED) is 0.636. The van der Waals surface area contributed by atoms with Gasteiger partial charge in [0.2, 0.25) is 5.52 Å². The zero-order valence-corrected chi connectivity index (χ0v) is 9.91. The molecule has 0 saturated heterocycles. The molecule has 0 amide bonds. The lowest BCUT2D eigenvalue weighted by Crippen LogP contribution is -2.20. The van der Waals surface area contributed by atoms with Gasteiger partial charge in [-0.3, -0.25) is 10.1 Å². The van der Waals surface area contributed by atoms with Crippen LogP contribution >= 0.6 is 0 Å². The minimum absolute atomic E-state index is 0.0383. The van der Waals surface area contributed by atoms with E-state index in [4.69, 9.17) is 4.74 Å². The molecule has 0 aliphatic carbocycles. The molecule has 1 unspecified atom stereocenters. The Morgan fingerprint density at radius 2 is 2.22 bits per heavy atom. The summed E-state index contributed by atoms with van der Waals surface area (Å²) in [5, 5.41) is 21.2. The summed E-state index contributed by atoms with van der Waals surface area (Å²) in [7, 11) is 1.60. The van der Waals surface area contributed by atoms with Gasteiger partial charge in [-0.2, -0.15) is 0 Å². The van der Waals surface area contributed by atoms with Crippen LogP contribution in [0, 0.1) is 10.1 Å². The Bertz CT molecular complexity index is 568. The number of nitrogens with one attached hydrogen (secondary N) is 1. The zero-order chi connectivity index (χ0) is 13.1. The van der Waals surface area contributed by atoms with Gasteiger partial charge >= 0.3 is 5.69 Å². The van der Waals surface area contributed by atoms with Crippen LogP contribution in [0.15, 0.2) is 16.8 Å². The number of hydrogen-bond acceptors (Lipinski definition) is 7. The number of ether oxygens (including phenoxy) is 1. The highest BCUT2D eigenvalue weighted by Gasteiger charge is 2.20. The number of nitro groups is 1. The molecule has 8 heteroatoms. The van der Waals surface area contributed by atoms with E-state index in [0.717, 1.165) is 0 Å². The highest BCUT2D eigenvalue weighted by Crippen LogP contribution is 2.28. The van der Waals surface area contributed by atoms with Crippen molar-refractivity contribution in [2.24, 2.45) is 0 Å². The van der Waals surface area contributed by atoms with E-state index < -0.39 is 4.92 Å². The minimum atomic E-state index is -0.519. The van der Waals surface area contributed by atoms with Crippen LogP contribution in [0.5, 0.6) is 0 Å². The highest BCUT2D eigenvalue weighted by atomic mass is 16.6. The van der Waals surface area contributed by atoms with Gasteiger partial charge in [0.1, 0.15) is 0 Å². The largest absolute Gasteiger partial charge is 0.383 e. The molecule has 0 spiro atoms. The second-order valence-electron chi connectivity index (χ2n) is 3.85. The third kappa shape index (κ3) is 2.23. The standard InChI is InChI=1S/C10H12N4O4/c1-6(5-17-2)11-7-3-4-8(14(15)16)10-9(7)12-18-13-10/h3-4,6,11H,5H2,1-2H3. The van der Waals surface area contributed by atoms with Crippen molar-refractivity contribution in [1.29, 1.82) is 0 Å². The smallest absolute Gasteiger partial charge is 0.300 e. The highest BCUT2D eigenvalue weighted by molar-refractivity contribution is 5.93. The molecule has 1 atom stereocenters. The maximum absolute atomic E-state index is 10.8. The van der Waals surface area contributed by atoms with Crippen LogP contribution in [0.3, 0.4) is 0 Å². The van der Waals surface area contributed by atoms with Crippen molar-refractivity contribution < 1.29 is 14.3 Å². The molecule has 1 heterocycles. The lowest BCUT2D eigenvalue weighted by atomic mass is 10.2. The van der Waals surface area contributed by atoms with Crippen molar-refractivity contribution >= 4 is 22.4 Å². The predicted molar refractivity (Wildman–Crippen MR) is 63.4 cm³/mol. The van der Waals surface area contributed by atoms with E-state index in [2.05, 4.69) is 20.3 Å². The maximum Gasteiger partial charge on any atom is 0.300 e. The summed E-state index contributed by atoms with van der Waals surface area (Å²) in [6, 6.07) is 2.99. The molecule has 1 N–H and O–H groups in total. The van der Waals surface area contributed by atoms with Gasteiger partial charge < -0.3 is 10.1 Å². The Hall–Kier alpha value is -2.22. The average molecular weight is 252 g/mol. The summed E-state index contributed by atoms with van der Waals surface area (Å²) >= 11 is 0. The van der Waals surface area contributed by atoms with Gasteiger partial charge in [0.05, 0.1) is 17.2 Å². The fourth-order valence-corrected chi connectivity index (χ4v) is 1.67. The number of rotatable bonds is 5. The first-order chi connectivity index (χ1) is 8.63. The normalized spacial score (nSPS) is 12.6. The Kier molecular flexibility index (Phi) is 3.38. The van der Waals surface area contributed by atoms with Crippen LogP contribution < -0.4 is 5.32 Å². The van der Waals surface area contributed by atoms with Crippen molar-refractivity contribution in [1.82, 2.24) is 10.3 Å². The van der Waals surface area contributed by atoms with Crippen molar-refractivity contribution in [3.63, 3.8) is 0 Å². The monoisotopic (exact) mass is 252 g/mol. The van der Waals surface area contributed by atoms with E-state index in [9.17, 15) is 10.1 Å². The minimum Gasteiger partial charge on any atom is -0.383 e. The molecule has 0 radical (unpaired) electrons. The number of anilines is 1. The van der Waals surface area contributed by atoms with Gasteiger partial charge in [-0.25, -0.2) is 4.63 Å². The molecule has 0 bridgehead atoms. The molecule has 0 fully saturated rings. The van der Waals surface area contributed by atoms with E-state index in [-0.39, 0.29) is 17.2 Å². The predicted octanol–water partition coefficient (Wildman–Crippen LogP) is 1.58. The number of aromatic nitrogens is 2. The molecule has 1 aromatic heterocycles. The number of benzene rings is 1. The van der Waals surface area contributed by atoms with Gasteiger partial charge in [0.25, 0.3) is 0 Å².